The number of rotatable bonds is 4. The van der Waals surface area contributed by atoms with Crippen LogP contribution in [0.3, 0.4) is 0 Å². The lowest BCUT2D eigenvalue weighted by Crippen LogP contribution is -2.48. The standard InChI is InChI=1S/C14H15NO4/c1-9(13(16)17)5-14(6-18-7-14)10-2-3-11-12(4-10)19-8-15-11/h2-4,8-9H,5-7H2,1H3,(H,16,17). The van der Waals surface area contributed by atoms with Gasteiger partial charge in [0.1, 0.15) is 5.52 Å². The molecule has 1 fully saturated rings. The summed E-state index contributed by atoms with van der Waals surface area (Å²) in [5.74, 6) is -1.17. The molecular formula is C14H15NO4. The number of nitrogens with zero attached hydrogens (tertiary/aromatic N) is 1. The lowest BCUT2D eigenvalue weighted by atomic mass is 9.72. The lowest BCUT2D eigenvalue weighted by molar-refractivity contribution is -0.144. The first-order valence-corrected chi connectivity index (χ1v) is 6.25. The molecule has 1 atom stereocenters. The highest BCUT2D eigenvalue weighted by Gasteiger charge is 2.42. The number of aliphatic carboxylic acids is 1. The number of benzene rings is 1. The fraction of sp³-hybridized carbons (Fsp3) is 0.429. The molecule has 2 aromatic rings. The second-order valence-electron chi connectivity index (χ2n) is 5.25. The van der Waals surface area contributed by atoms with Crippen molar-refractivity contribution in [2.75, 3.05) is 13.2 Å². The maximum atomic E-state index is 11.1. The SMILES string of the molecule is CC(CC1(c2ccc3ncoc3c2)COC1)C(=O)O. The second kappa shape index (κ2) is 4.35. The number of carboxylic acids is 1. The lowest BCUT2D eigenvalue weighted by Gasteiger charge is -2.43. The van der Waals surface area contributed by atoms with E-state index < -0.39 is 11.9 Å². The van der Waals surface area contributed by atoms with Crippen LogP contribution in [-0.4, -0.2) is 29.3 Å². The Labute approximate surface area is 110 Å². The zero-order valence-electron chi connectivity index (χ0n) is 10.6. The van der Waals surface area contributed by atoms with Gasteiger partial charge in [0.2, 0.25) is 0 Å². The van der Waals surface area contributed by atoms with Gasteiger partial charge in [0, 0.05) is 5.41 Å². The molecular weight excluding hydrogens is 246 g/mol. The minimum Gasteiger partial charge on any atom is -0.481 e. The molecule has 1 N–H and O–H groups in total. The van der Waals surface area contributed by atoms with Crippen LogP contribution in [0, 0.1) is 5.92 Å². The Bertz CT molecular complexity index is 615. The zero-order chi connectivity index (χ0) is 13.5. The molecule has 5 nitrogen and oxygen atoms in total. The van der Waals surface area contributed by atoms with E-state index in [0.29, 0.717) is 19.6 Å². The molecule has 1 saturated heterocycles. The number of carboxylic acid groups (broad SMARTS) is 1. The highest BCUT2D eigenvalue weighted by atomic mass is 16.5. The summed E-state index contributed by atoms with van der Waals surface area (Å²) in [5.41, 5.74) is 2.40. The van der Waals surface area contributed by atoms with Crippen LogP contribution in [0.1, 0.15) is 18.9 Å². The molecule has 1 unspecified atom stereocenters. The number of carbonyl (C=O) groups is 1. The van der Waals surface area contributed by atoms with Crippen molar-refractivity contribution in [3.8, 4) is 0 Å². The average Bonchev–Trinajstić information content (AvgIpc) is 2.80. The molecule has 100 valence electrons. The number of hydrogen-bond donors (Lipinski definition) is 1. The zero-order valence-corrected chi connectivity index (χ0v) is 10.6. The molecule has 1 aromatic heterocycles. The summed E-state index contributed by atoms with van der Waals surface area (Å²) >= 11 is 0. The van der Waals surface area contributed by atoms with Crippen molar-refractivity contribution in [2.24, 2.45) is 5.92 Å². The number of hydrogen-bond acceptors (Lipinski definition) is 4. The van der Waals surface area contributed by atoms with Crippen molar-refractivity contribution < 1.29 is 19.1 Å². The number of fused-ring (bicyclic) bond motifs is 1. The topological polar surface area (TPSA) is 72.6 Å². The van der Waals surface area contributed by atoms with E-state index in [-0.39, 0.29) is 5.41 Å². The van der Waals surface area contributed by atoms with Gasteiger partial charge < -0.3 is 14.3 Å². The molecule has 0 radical (unpaired) electrons. The molecule has 0 aliphatic carbocycles. The van der Waals surface area contributed by atoms with Gasteiger partial charge >= 0.3 is 5.97 Å². The van der Waals surface area contributed by atoms with Gasteiger partial charge in [-0.25, -0.2) is 4.98 Å². The molecule has 1 aliphatic heterocycles. The third kappa shape index (κ3) is 2.00. The van der Waals surface area contributed by atoms with Crippen molar-refractivity contribution in [3.05, 3.63) is 30.2 Å². The minimum absolute atomic E-state index is 0.210. The van der Waals surface area contributed by atoms with E-state index in [2.05, 4.69) is 4.98 Å². The van der Waals surface area contributed by atoms with Crippen LogP contribution < -0.4 is 0 Å². The smallest absolute Gasteiger partial charge is 0.306 e. The predicted octanol–water partition coefficient (Wildman–Crippen LogP) is 2.21. The maximum absolute atomic E-state index is 11.1. The molecule has 0 spiro atoms. The largest absolute Gasteiger partial charge is 0.481 e. The summed E-state index contributed by atoms with van der Waals surface area (Å²) in [6, 6.07) is 5.83. The highest BCUT2D eigenvalue weighted by Crippen LogP contribution is 2.39. The summed E-state index contributed by atoms with van der Waals surface area (Å²) in [4.78, 5) is 15.1. The van der Waals surface area contributed by atoms with Crippen molar-refractivity contribution in [1.82, 2.24) is 4.98 Å². The fourth-order valence-electron chi connectivity index (χ4n) is 2.61. The number of ether oxygens (including phenoxy) is 1. The van der Waals surface area contributed by atoms with Gasteiger partial charge in [-0.1, -0.05) is 13.0 Å². The van der Waals surface area contributed by atoms with Gasteiger partial charge in [-0.15, -0.1) is 0 Å². The quantitative estimate of drug-likeness (QED) is 0.913. The van der Waals surface area contributed by atoms with E-state index in [0.717, 1.165) is 16.7 Å². The van der Waals surface area contributed by atoms with Crippen molar-refractivity contribution in [1.29, 1.82) is 0 Å². The molecule has 2 heterocycles. The highest BCUT2D eigenvalue weighted by molar-refractivity contribution is 5.73. The normalized spacial score (nSPS) is 19.0. The van der Waals surface area contributed by atoms with Gasteiger partial charge in [-0.3, -0.25) is 4.79 Å². The summed E-state index contributed by atoms with van der Waals surface area (Å²) in [6.45, 7) is 2.85. The van der Waals surface area contributed by atoms with E-state index in [1.807, 2.05) is 18.2 Å². The molecule has 1 aromatic carbocycles. The van der Waals surface area contributed by atoms with E-state index >= 15 is 0 Å². The summed E-state index contributed by atoms with van der Waals surface area (Å²) in [6.07, 6.45) is 1.99. The van der Waals surface area contributed by atoms with E-state index in [9.17, 15) is 4.79 Å². The Morgan fingerprint density at radius 1 is 1.53 bits per heavy atom. The Kier molecular flexibility index (Phi) is 2.78. The fourth-order valence-corrected chi connectivity index (χ4v) is 2.61. The van der Waals surface area contributed by atoms with Gasteiger partial charge in [-0.05, 0) is 24.1 Å². The number of oxazole rings is 1. The Morgan fingerprint density at radius 3 is 2.95 bits per heavy atom. The predicted molar refractivity (Wildman–Crippen MR) is 67.9 cm³/mol. The first-order chi connectivity index (χ1) is 9.11. The van der Waals surface area contributed by atoms with Gasteiger partial charge in [0.15, 0.2) is 12.0 Å². The van der Waals surface area contributed by atoms with E-state index in [1.165, 1.54) is 6.39 Å². The maximum Gasteiger partial charge on any atom is 0.306 e. The third-order valence-electron chi connectivity index (χ3n) is 3.82. The van der Waals surface area contributed by atoms with E-state index in [4.69, 9.17) is 14.3 Å². The van der Waals surface area contributed by atoms with Crippen LogP contribution in [0.2, 0.25) is 0 Å². The summed E-state index contributed by atoms with van der Waals surface area (Å²) < 4.78 is 10.6. The monoisotopic (exact) mass is 261 g/mol. The van der Waals surface area contributed by atoms with Crippen LogP contribution >= 0.6 is 0 Å². The minimum atomic E-state index is -0.771. The van der Waals surface area contributed by atoms with Crippen LogP contribution in [0.25, 0.3) is 11.1 Å². The third-order valence-corrected chi connectivity index (χ3v) is 3.82. The van der Waals surface area contributed by atoms with Crippen LogP contribution in [0.15, 0.2) is 29.0 Å². The Balaban J connectivity index is 1.94. The van der Waals surface area contributed by atoms with Gasteiger partial charge in [0.05, 0.1) is 19.1 Å². The van der Waals surface area contributed by atoms with E-state index in [1.54, 1.807) is 6.92 Å². The molecule has 0 saturated carbocycles. The molecule has 3 rings (SSSR count). The first kappa shape index (κ1) is 12.2. The van der Waals surface area contributed by atoms with Crippen molar-refractivity contribution >= 4 is 17.1 Å². The molecule has 1 aliphatic rings. The second-order valence-corrected chi connectivity index (χ2v) is 5.25. The molecule has 0 bridgehead atoms. The Morgan fingerprint density at radius 2 is 2.32 bits per heavy atom. The van der Waals surface area contributed by atoms with Crippen LogP contribution in [-0.2, 0) is 14.9 Å². The summed E-state index contributed by atoms with van der Waals surface area (Å²) in [5, 5.41) is 9.08. The Hall–Kier alpha value is -1.88. The van der Waals surface area contributed by atoms with Crippen LogP contribution in [0.5, 0.6) is 0 Å². The number of aromatic nitrogens is 1. The van der Waals surface area contributed by atoms with Crippen LogP contribution in [0.4, 0.5) is 0 Å². The van der Waals surface area contributed by atoms with Gasteiger partial charge in [0.25, 0.3) is 0 Å². The molecule has 19 heavy (non-hydrogen) atoms. The molecule has 5 heteroatoms. The van der Waals surface area contributed by atoms with Gasteiger partial charge in [-0.2, -0.15) is 0 Å². The summed E-state index contributed by atoms with van der Waals surface area (Å²) in [7, 11) is 0. The van der Waals surface area contributed by atoms with Crippen molar-refractivity contribution in [3.63, 3.8) is 0 Å². The first-order valence-electron chi connectivity index (χ1n) is 6.25. The molecule has 0 amide bonds. The average molecular weight is 261 g/mol. The van der Waals surface area contributed by atoms with Crippen molar-refractivity contribution in [2.45, 2.75) is 18.8 Å².